The maximum atomic E-state index is 12.8. The molecular weight excluding hydrogens is 436 g/mol. The van der Waals surface area contributed by atoms with Crippen LogP contribution in [0.2, 0.25) is 0 Å². The van der Waals surface area contributed by atoms with Crippen molar-refractivity contribution in [3.63, 3.8) is 0 Å². The fourth-order valence-corrected chi connectivity index (χ4v) is 3.55. The van der Waals surface area contributed by atoms with Gasteiger partial charge in [-0.2, -0.15) is 0 Å². The van der Waals surface area contributed by atoms with E-state index in [1.54, 1.807) is 6.07 Å². The number of esters is 2. The molecule has 170 valence electrons. The van der Waals surface area contributed by atoms with Crippen molar-refractivity contribution in [3.05, 3.63) is 99.8 Å². The Balaban J connectivity index is 1.63. The van der Waals surface area contributed by atoms with E-state index >= 15 is 0 Å². The minimum Gasteiger partial charge on any atom is -0.465 e. The summed E-state index contributed by atoms with van der Waals surface area (Å²) in [5.74, 6) is -2.10. The van der Waals surface area contributed by atoms with Gasteiger partial charge < -0.3 is 19.8 Å². The van der Waals surface area contributed by atoms with Crippen molar-refractivity contribution < 1.29 is 23.9 Å². The van der Waals surface area contributed by atoms with Crippen LogP contribution in [0, 0.1) is 0 Å². The van der Waals surface area contributed by atoms with Gasteiger partial charge in [-0.3, -0.25) is 9.59 Å². The molecule has 0 aliphatic carbocycles. The summed E-state index contributed by atoms with van der Waals surface area (Å²) in [4.78, 5) is 52.1. The third kappa shape index (κ3) is 4.56. The van der Waals surface area contributed by atoms with Crippen LogP contribution in [0.4, 0.5) is 5.69 Å². The summed E-state index contributed by atoms with van der Waals surface area (Å²) in [7, 11) is 2.39. The van der Waals surface area contributed by atoms with Crippen molar-refractivity contribution in [2.45, 2.75) is 0 Å². The summed E-state index contributed by atoms with van der Waals surface area (Å²) in [5.41, 5.74) is 0.867. The number of hydrogen-bond acceptors (Lipinski definition) is 6. The van der Waals surface area contributed by atoms with Crippen molar-refractivity contribution in [3.8, 4) is 11.3 Å². The molecule has 4 aromatic rings. The topological polar surface area (TPSA) is 115 Å². The van der Waals surface area contributed by atoms with Gasteiger partial charge >= 0.3 is 11.9 Å². The number of hydrogen-bond donors (Lipinski definition) is 2. The third-order valence-corrected chi connectivity index (χ3v) is 5.25. The fourth-order valence-electron chi connectivity index (χ4n) is 3.55. The molecule has 34 heavy (non-hydrogen) atoms. The van der Waals surface area contributed by atoms with E-state index in [1.807, 2.05) is 42.5 Å². The number of ether oxygens (including phenoxy) is 2. The first kappa shape index (κ1) is 22.5. The van der Waals surface area contributed by atoms with Crippen molar-refractivity contribution >= 4 is 34.3 Å². The molecule has 1 aromatic heterocycles. The van der Waals surface area contributed by atoms with E-state index in [0.29, 0.717) is 5.69 Å². The first-order chi connectivity index (χ1) is 16.4. The lowest BCUT2D eigenvalue weighted by atomic mass is 10.0. The van der Waals surface area contributed by atoms with Gasteiger partial charge in [0.05, 0.1) is 25.3 Å². The van der Waals surface area contributed by atoms with E-state index in [-0.39, 0.29) is 22.4 Å². The number of H-pyrrole nitrogens is 1. The minimum atomic E-state index is -0.704. The lowest BCUT2D eigenvalue weighted by Gasteiger charge is -2.10. The zero-order valence-corrected chi connectivity index (χ0v) is 18.4. The summed E-state index contributed by atoms with van der Waals surface area (Å²) >= 11 is 0. The normalized spacial score (nSPS) is 10.5. The van der Waals surface area contributed by atoms with Crippen LogP contribution in [0.15, 0.2) is 77.6 Å². The van der Waals surface area contributed by atoms with Crippen molar-refractivity contribution in [1.29, 1.82) is 0 Å². The van der Waals surface area contributed by atoms with Crippen molar-refractivity contribution in [1.82, 2.24) is 4.98 Å². The number of pyridine rings is 1. The molecule has 3 aromatic carbocycles. The van der Waals surface area contributed by atoms with Gasteiger partial charge in [-0.15, -0.1) is 0 Å². The van der Waals surface area contributed by atoms with E-state index < -0.39 is 23.4 Å². The zero-order valence-electron chi connectivity index (χ0n) is 18.4. The second-order valence-electron chi connectivity index (χ2n) is 7.41. The molecule has 0 radical (unpaired) electrons. The predicted octanol–water partition coefficient (Wildman–Crippen LogP) is 4.02. The Morgan fingerprint density at radius 2 is 1.41 bits per heavy atom. The van der Waals surface area contributed by atoms with Gasteiger partial charge in [0.1, 0.15) is 5.56 Å². The number of carbonyl (C=O) groups excluding carboxylic acids is 3. The van der Waals surface area contributed by atoms with E-state index in [0.717, 1.165) is 16.3 Å². The number of anilines is 1. The van der Waals surface area contributed by atoms with Crippen LogP contribution < -0.4 is 10.9 Å². The molecule has 8 heteroatoms. The van der Waals surface area contributed by atoms with Gasteiger partial charge in [0.15, 0.2) is 0 Å². The Hall–Kier alpha value is -4.72. The molecule has 1 heterocycles. The highest BCUT2D eigenvalue weighted by Gasteiger charge is 2.17. The first-order valence-corrected chi connectivity index (χ1v) is 10.2. The smallest absolute Gasteiger partial charge is 0.337 e. The Labute approximate surface area is 194 Å². The lowest BCUT2D eigenvalue weighted by molar-refractivity contribution is 0.0599. The molecule has 2 N–H and O–H groups in total. The Bertz CT molecular complexity index is 1450. The van der Waals surface area contributed by atoms with E-state index in [9.17, 15) is 19.2 Å². The maximum Gasteiger partial charge on any atom is 0.337 e. The van der Waals surface area contributed by atoms with Crippen LogP contribution in [0.25, 0.3) is 22.0 Å². The van der Waals surface area contributed by atoms with Gasteiger partial charge in [0, 0.05) is 11.4 Å². The highest BCUT2D eigenvalue weighted by Crippen LogP contribution is 2.23. The second-order valence-corrected chi connectivity index (χ2v) is 7.41. The standard InChI is InChI=1S/C26H20N2O6/c1-33-25(31)18-12-19(26(32)34-2)14-20(13-18)27-23(29)21-9-10-22(28-24(21)30)17-8-7-15-5-3-4-6-16(15)11-17/h3-14H,1-2H3,(H,27,29)(H,28,30). The number of benzene rings is 3. The largest absolute Gasteiger partial charge is 0.465 e. The quantitative estimate of drug-likeness (QED) is 0.439. The molecular formula is C26H20N2O6. The summed E-state index contributed by atoms with van der Waals surface area (Å²) in [6, 6.07) is 20.7. The highest BCUT2D eigenvalue weighted by atomic mass is 16.5. The summed E-state index contributed by atoms with van der Waals surface area (Å²) in [6.07, 6.45) is 0. The van der Waals surface area contributed by atoms with Gasteiger partial charge in [-0.25, -0.2) is 9.59 Å². The zero-order chi connectivity index (χ0) is 24.2. The summed E-state index contributed by atoms with van der Waals surface area (Å²) < 4.78 is 9.38. The summed E-state index contributed by atoms with van der Waals surface area (Å²) in [5, 5.41) is 4.64. The van der Waals surface area contributed by atoms with Gasteiger partial charge in [-0.05, 0) is 52.7 Å². The average Bonchev–Trinajstić information content (AvgIpc) is 2.86. The molecule has 0 bridgehead atoms. The van der Waals surface area contributed by atoms with Crippen LogP contribution in [0.3, 0.4) is 0 Å². The molecule has 8 nitrogen and oxygen atoms in total. The third-order valence-electron chi connectivity index (χ3n) is 5.25. The van der Waals surface area contributed by atoms with Crippen LogP contribution >= 0.6 is 0 Å². The van der Waals surface area contributed by atoms with Crippen LogP contribution in [0.5, 0.6) is 0 Å². The molecule has 0 fully saturated rings. The van der Waals surface area contributed by atoms with Crippen LogP contribution in [-0.4, -0.2) is 37.0 Å². The minimum absolute atomic E-state index is 0.0428. The van der Waals surface area contributed by atoms with E-state index in [4.69, 9.17) is 9.47 Å². The number of aromatic nitrogens is 1. The fraction of sp³-hybridized carbons (Fsp3) is 0.0769. The van der Waals surface area contributed by atoms with Crippen molar-refractivity contribution in [2.24, 2.45) is 0 Å². The lowest BCUT2D eigenvalue weighted by Crippen LogP contribution is -2.23. The Morgan fingerprint density at radius 3 is 2.03 bits per heavy atom. The molecule has 0 saturated carbocycles. The molecule has 0 aliphatic rings. The highest BCUT2D eigenvalue weighted by molar-refractivity contribution is 6.06. The molecule has 0 aliphatic heterocycles. The number of fused-ring (bicyclic) bond motifs is 1. The summed E-state index contributed by atoms with van der Waals surface area (Å²) in [6.45, 7) is 0. The van der Waals surface area contributed by atoms with Gasteiger partial charge in [0.2, 0.25) is 0 Å². The van der Waals surface area contributed by atoms with Crippen LogP contribution in [-0.2, 0) is 9.47 Å². The van der Waals surface area contributed by atoms with Crippen LogP contribution in [0.1, 0.15) is 31.1 Å². The Morgan fingerprint density at radius 1 is 0.765 bits per heavy atom. The number of amides is 1. The first-order valence-electron chi connectivity index (χ1n) is 10.2. The number of nitrogens with one attached hydrogen (secondary N) is 2. The second kappa shape index (κ2) is 9.41. The molecule has 0 saturated heterocycles. The molecule has 0 spiro atoms. The molecule has 1 amide bonds. The molecule has 0 atom stereocenters. The molecule has 0 unspecified atom stereocenters. The van der Waals surface area contributed by atoms with E-state index in [2.05, 4.69) is 10.3 Å². The number of rotatable bonds is 5. The van der Waals surface area contributed by atoms with Gasteiger partial charge in [-0.1, -0.05) is 36.4 Å². The van der Waals surface area contributed by atoms with Crippen molar-refractivity contribution in [2.75, 3.05) is 19.5 Å². The maximum absolute atomic E-state index is 12.8. The predicted molar refractivity (Wildman–Crippen MR) is 127 cm³/mol. The van der Waals surface area contributed by atoms with E-state index in [1.165, 1.54) is 38.5 Å². The number of carbonyl (C=O) groups is 3. The monoisotopic (exact) mass is 456 g/mol. The number of methoxy groups -OCH3 is 2. The average molecular weight is 456 g/mol. The number of aromatic amines is 1. The molecule has 4 rings (SSSR count). The Kier molecular flexibility index (Phi) is 6.22. The van der Waals surface area contributed by atoms with Gasteiger partial charge in [0.25, 0.3) is 11.5 Å². The SMILES string of the molecule is COC(=O)c1cc(NC(=O)c2ccc(-c3ccc4ccccc4c3)[nH]c2=O)cc(C(=O)OC)c1.